The highest BCUT2D eigenvalue weighted by Crippen LogP contribution is 2.19. The van der Waals surface area contributed by atoms with Crippen LogP contribution in [0.3, 0.4) is 0 Å². The molecule has 2 rings (SSSR count). The van der Waals surface area contributed by atoms with Crippen molar-refractivity contribution in [2.75, 3.05) is 26.0 Å². The third kappa shape index (κ3) is 4.94. The summed E-state index contributed by atoms with van der Waals surface area (Å²) < 4.78 is 31.7. The first-order chi connectivity index (χ1) is 9.45. The molecule has 0 spiro atoms. The Morgan fingerprint density at radius 2 is 2.10 bits per heavy atom. The Morgan fingerprint density at radius 3 is 2.65 bits per heavy atom. The van der Waals surface area contributed by atoms with Crippen molar-refractivity contribution in [2.45, 2.75) is 19.4 Å². The first kappa shape index (κ1) is 16.1. The Hall–Kier alpha value is -0.250. The van der Waals surface area contributed by atoms with E-state index in [-0.39, 0.29) is 0 Å². The Balaban J connectivity index is 2.05. The molecule has 2 heterocycles. The molecular weight excluding hydrogens is 391 g/mol. The lowest BCUT2D eigenvalue weighted by molar-refractivity contribution is 0.0601. The van der Waals surface area contributed by atoms with Gasteiger partial charge in [-0.15, -0.1) is 0 Å². The van der Waals surface area contributed by atoms with Crippen molar-refractivity contribution < 1.29 is 13.2 Å². The van der Waals surface area contributed by atoms with E-state index in [1.807, 2.05) is 12.1 Å². The van der Waals surface area contributed by atoms with Gasteiger partial charge >= 0.3 is 0 Å². The smallest absolute Gasteiger partial charge is 0.211 e. The van der Waals surface area contributed by atoms with E-state index in [0.717, 1.165) is 35.3 Å². The molecule has 0 aliphatic carbocycles. The molecule has 0 N–H and O–H groups in total. The zero-order valence-electron chi connectivity index (χ0n) is 11.5. The van der Waals surface area contributed by atoms with Crippen LogP contribution < -0.4 is 0 Å². The number of aromatic nitrogens is 1. The minimum Gasteiger partial charge on any atom is -0.381 e. The first-order valence-corrected chi connectivity index (χ1v) is 9.51. The molecule has 0 bridgehead atoms. The van der Waals surface area contributed by atoms with Crippen LogP contribution in [0.1, 0.15) is 18.4 Å². The summed E-state index contributed by atoms with van der Waals surface area (Å²) in [4.78, 5) is 4.21. The van der Waals surface area contributed by atoms with Crippen molar-refractivity contribution in [1.29, 1.82) is 0 Å². The Morgan fingerprint density at radius 1 is 1.40 bits per heavy atom. The molecule has 0 unspecified atom stereocenters. The average molecular weight is 410 g/mol. The summed E-state index contributed by atoms with van der Waals surface area (Å²) in [5.74, 6) is 0.385. The maximum atomic E-state index is 11.9. The van der Waals surface area contributed by atoms with Gasteiger partial charge in [0.1, 0.15) is 3.70 Å². The number of hydrogen-bond acceptors (Lipinski definition) is 4. The van der Waals surface area contributed by atoms with Crippen molar-refractivity contribution in [2.24, 2.45) is 5.92 Å². The van der Waals surface area contributed by atoms with Gasteiger partial charge in [-0.2, -0.15) is 4.31 Å². The molecule has 1 saturated heterocycles. The van der Waals surface area contributed by atoms with Crippen LogP contribution in [-0.4, -0.2) is 43.7 Å². The van der Waals surface area contributed by atoms with Gasteiger partial charge in [0.2, 0.25) is 10.0 Å². The van der Waals surface area contributed by atoms with E-state index in [4.69, 9.17) is 4.74 Å². The van der Waals surface area contributed by atoms with Crippen LogP contribution in [-0.2, 0) is 21.3 Å². The normalized spacial score (nSPS) is 17.6. The van der Waals surface area contributed by atoms with Gasteiger partial charge in [0.25, 0.3) is 0 Å². The van der Waals surface area contributed by atoms with Crippen molar-refractivity contribution in [3.63, 3.8) is 0 Å². The van der Waals surface area contributed by atoms with E-state index in [1.54, 1.807) is 10.5 Å². The largest absolute Gasteiger partial charge is 0.381 e. The molecule has 1 aromatic heterocycles. The predicted molar refractivity (Wildman–Crippen MR) is 85.8 cm³/mol. The highest BCUT2D eigenvalue weighted by atomic mass is 127. The molecule has 1 fully saturated rings. The standard InChI is InChI=1S/C13H19IN2O3S/c1-20(17,18)16(9-11-4-6-19-7-5-11)10-12-2-3-13(14)15-8-12/h2-3,8,11H,4-7,9-10H2,1H3. The minimum atomic E-state index is -3.21. The fourth-order valence-corrected chi connectivity index (χ4v) is 3.42. The van der Waals surface area contributed by atoms with Crippen molar-refractivity contribution in [1.82, 2.24) is 9.29 Å². The van der Waals surface area contributed by atoms with E-state index >= 15 is 0 Å². The SMILES string of the molecule is CS(=O)(=O)N(Cc1ccc(I)nc1)CC1CCOCC1. The van der Waals surface area contributed by atoms with E-state index in [2.05, 4.69) is 27.6 Å². The zero-order valence-corrected chi connectivity index (χ0v) is 14.4. The number of rotatable bonds is 5. The van der Waals surface area contributed by atoms with Crippen molar-refractivity contribution in [3.05, 3.63) is 27.6 Å². The molecule has 112 valence electrons. The van der Waals surface area contributed by atoms with E-state index in [9.17, 15) is 8.42 Å². The third-order valence-electron chi connectivity index (χ3n) is 3.42. The lowest BCUT2D eigenvalue weighted by Gasteiger charge is -2.28. The number of nitrogens with zero attached hydrogens (tertiary/aromatic N) is 2. The summed E-state index contributed by atoms with van der Waals surface area (Å²) in [7, 11) is -3.21. The van der Waals surface area contributed by atoms with Gasteiger partial charge in [0.15, 0.2) is 0 Å². The summed E-state index contributed by atoms with van der Waals surface area (Å²) in [5, 5.41) is 0. The summed E-state index contributed by atoms with van der Waals surface area (Å²) in [5.41, 5.74) is 0.919. The second kappa shape index (κ2) is 7.15. The fraction of sp³-hybridized carbons (Fsp3) is 0.615. The van der Waals surface area contributed by atoms with Crippen LogP contribution in [0.15, 0.2) is 18.3 Å². The molecule has 0 amide bonds. The topological polar surface area (TPSA) is 59.5 Å². The van der Waals surface area contributed by atoms with Crippen LogP contribution in [0.5, 0.6) is 0 Å². The van der Waals surface area contributed by atoms with Crippen LogP contribution in [0, 0.1) is 9.62 Å². The predicted octanol–water partition coefficient (Wildman–Crippen LogP) is 1.87. The Bertz CT molecular complexity index is 527. The van der Waals surface area contributed by atoms with Crippen LogP contribution in [0.25, 0.3) is 0 Å². The summed E-state index contributed by atoms with van der Waals surface area (Å²) in [6, 6.07) is 3.82. The molecule has 1 aliphatic rings. The number of sulfonamides is 1. The second-order valence-electron chi connectivity index (χ2n) is 5.10. The molecular formula is C13H19IN2O3S. The molecule has 0 radical (unpaired) electrons. The number of ether oxygens (including phenoxy) is 1. The lowest BCUT2D eigenvalue weighted by atomic mass is 10.0. The molecule has 0 saturated carbocycles. The van der Waals surface area contributed by atoms with Crippen LogP contribution >= 0.6 is 22.6 Å². The third-order valence-corrected chi connectivity index (χ3v) is 5.27. The van der Waals surface area contributed by atoms with Crippen LogP contribution in [0.4, 0.5) is 0 Å². The fourth-order valence-electron chi connectivity index (χ4n) is 2.24. The molecule has 1 aromatic rings. The van der Waals surface area contributed by atoms with Gasteiger partial charge in [-0.05, 0) is 53.0 Å². The second-order valence-corrected chi connectivity index (χ2v) is 8.19. The monoisotopic (exact) mass is 410 g/mol. The summed E-state index contributed by atoms with van der Waals surface area (Å²) in [6.45, 7) is 2.41. The maximum absolute atomic E-state index is 11.9. The molecule has 5 nitrogen and oxygen atoms in total. The number of halogens is 1. The lowest BCUT2D eigenvalue weighted by Crippen LogP contribution is -2.36. The highest BCUT2D eigenvalue weighted by molar-refractivity contribution is 14.1. The van der Waals surface area contributed by atoms with E-state index in [0.29, 0.717) is 19.0 Å². The average Bonchev–Trinajstić information content (AvgIpc) is 2.40. The Labute approximate surface area is 133 Å². The molecule has 20 heavy (non-hydrogen) atoms. The van der Waals surface area contributed by atoms with Crippen molar-refractivity contribution >= 4 is 32.6 Å². The van der Waals surface area contributed by atoms with Gasteiger partial charge < -0.3 is 4.74 Å². The molecule has 7 heteroatoms. The van der Waals surface area contributed by atoms with Gasteiger partial charge in [0.05, 0.1) is 6.26 Å². The minimum absolute atomic E-state index is 0.385. The number of pyridine rings is 1. The van der Waals surface area contributed by atoms with Crippen LogP contribution in [0.2, 0.25) is 0 Å². The van der Waals surface area contributed by atoms with Gasteiger partial charge in [-0.1, -0.05) is 6.07 Å². The Kier molecular flexibility index (Phi) is 5.76. The summed E-state index contributed by atoms with van der Waals surface area (Å²) >= 11 is 2.13. The number of hydrogen-bond donors (Lipinski definition) is 0. The molecule has 0 aromatic carbocycles. The maximum Gasteiger partial charge on any atom is 0.211 e. The van der Waals surface area contributed by atoms with E-state index in [1.165, 1.54) is 6.26 Å². The van der Waals surface area contributed by atoms with Gasteiger partial charge in [-0.3, -0.25) is 0 Å². The first-order valence-electron chi connectivity index (χ1n) is 6.58. The highest BCUT2D eigenvalue weighted by Gasteiger charge is 2.23. The zero-order chi connectivity index (χ0) is 14.6. The van der Waals surface area contributed by atoms with Crippen molar-refractivity contribution in [3.8, 4) is 0 Å². The van der Waals surface area contributed by atoms with Gasteiger partial charge in [0, 0.05) is 32.5 Å². The molecule has 1 aliphatic heterocycles. The van der Waals surface area contributed by atoms with E-state index < -0.39 is 10.0 Å². The van der Waals surface area contributed by atoms with Gasteiger partial charge in [-0.25, -0.2) is 13.4 Å². The molecule has 0 atom stereocenters. The quantitative estimate of drug-likeness (QED) is 0.550. The summed E-state index contributed by atoms with van der Waals surface area (Å²) in [6.07, 6.45) is 4.87.